The van der Waals surface area contributed by atoms with E-state index in [1.165, 1.54) is 4.90 Å². The molecule has 0 fully saturated rings. The highest BCUT2D eigenvalue weighted by atomic mass is 32.2. The molecule has 6 heteroatoms. The van der Waals surface area contributed by atoms with Crippen molar-refractivity contribution in [2.75, 3.05) is 6.54 Å². The van der Waals surface area contributed by atoms with Gasteiger partial charge in [-0.1, -0.05) is 18.2 Å². The molecule has 122 valence electrons. The molecule has 24 heavy (non-hydrogen) atoms. The van der Waals surface area contributed by atoms with Crippen LogP contribution in [-0.2, 0) is 18.7 Å². The quantitative estimate of drug-likeness (QED) is 0.739. The van der Waals surface area contributed by atoms with Crippen molar-refractivity contribution >= 4 is 17.7 Å². The number of amides is 1. The smallest absolute Gasteiger partial charge is 0.290 e. The largest absolute Gasteiger partial charge is 0.459 e. The van der Waals surface area contributed by atoms with Gasteiger partial charge in [0.25, 0.3) is 5.91 Å². The van der Waals surface area contributed by atoms with Crippen LogP contribution in [-0.4, -0.2) is 27.5 Å². The zero-order valence-corrected chi connectivity index (χ0v) is 13.9. The molecule has 0 atom stereocenters. The average Bonchev–Trinajstić information content (AvgIpc) is 3.28. The van der Waals surface area contributed by atoms with Crippen molar-refractivity contribution in [2.45, 2.75) is 23.6 Å². The van der Waals surface area contributed by atoms with Crippen molar-refractivity contribution in [1.82, 2.24) is 15.1 Å². The number of fused-ring (bicyclic) bond motifs is 1. The first-order chi connectivity index (χ1) is 11.8. The Labute approximate surface area is 144 Å². The fraction of sp³-hybridized carbons (Fsp3) is 0.222. The fourth-order valence-corrected chi connectivity index (χ4v) is 3.75. The Hall–Kier alpha value is -2.47. The van der Waals surface area contributed by atoms with E-state index in [0.29, 0.717) is 24.6 Å². The van der Waals surface area contributed by atoms with Gasteiger partial charge in [0.2, 0.25) is 0 Å². The highest BCUT2D eigenvalue weighted by Gasteiger charge is 2.26. The van der Waals surface area contributed by atoms with Gasteiger partial charge in [-0.3, -0.25) is 9.89 Å². The summed E-state index contributed by atoms with van der Waals surface area (Å²) in [5.41, 5.74) is 3.14. The van der Waals surface area contributed by atoms with Crippen LogP contribution < -0.4 is 0 Å². The van der Waals surface area contributed by atoms with E-state index in [1.807, 2.05) is 29.2 Å². The van der Waals surface area contributed by atoms with E-state index < -0.39 is 0 Å². The lowest BCUT2D eigenvalue weighted by Gasteiger charge is -2.26. The Morgan fingerprint density at radius 1 is 1.29 bits per heavy atom. The van der Waals surface area contributed by atoms with Gasteiger partial charge in [0.05, 0.1) is 12.5 Å². The lowest BCUT2D eigenvalue weighted by Crippen LogP contribution is -2.35. The third-order valence-electron chi connectivity index (χ3n) is 4.17. The summed E-state index contributed by atoms with van der Waals surface area (Å²) in [5, 5.41) is 7.04. The number of hydrogen-bond donors (Lipinski definition) is 1. The number of thioether (sulfide) groups is 1. The summed E-state index contributed by atoms with van der Waals surface area (Å²) in [5.74, 6) is 1.12. The second kappa shape index (κ2) is 6.57. The monoisotopic (exact) mass is 339 g/mol. The number of carbonyl (C=O) groups is 1. The lowest BCUT2D eigenvalue weighted by atomic mass is 10.1. The van der Waals surface area contributed by atoms with E-state index in [2.05, 4.69) is 22.3 Å². The summed E-state index contributed by atoms with van der Waals surface area (Å²) in [6.07, 6.45) is 4.19. The molecule has 1 amide bonds. The number of aromatic nitrogens is 2. The minimum absolute atomic E-state index is 0.0458. The summed E-state index contributed by atoms with van der Waals surface area (Å²) < 4.78 is 5.51. The number of hydrogen-bond acceptors (Lipinski definition) is 4. The van der Waals surface area contributed by atoms with Crippen LogP contribution >= 0.6 is 11.8 Å². The molecule has 4 rings (SSSR count). The van der Waals surface area contributed by atoms with E-state index in [4.69, 9.17) is 4.42 Å². The molecule has 0 unspecified atom stereocenters. The summed E-state index contributed by atoms with van der Waals surface area (Å²) in [6, 6.07) is 12.0. The molecular formula is C18H17N3O2S. The number of benzene rings is 1. The third-order valence-corrected chi connectivity index (χ3v) is 5.23. The van der Waals surface area contributed by atoms with Crippen LogP contribution in [0.1, 0.15) is 27.4 Å². The van der Waals surface area contributed by atoms with Crippen LogP contribution in [0.5, 0.6) is 0 Å². The first kappa shape index (κ1) is 15.1. The van der Waals surface area contributed by atoms with Crippen molar-refractivity contribution in [1.29, 1.82) is 0 Å². The Morgan fingerprint density at radius 3 is 3.04 bits per heavy atom. The number of nitrogens with zero attached hydrogens (tertiary/aromatic N) is 2. The fourth-order valence-electron chi connectivity index (χ4n) is 2.85. The normalized spacial score (nSPS) is 13.8. The van der Waals surface area contributed by atoms with Gasteiger partial charge in [-0.25, -0.2) is 0 Å². The van der Waals surface area contributed by atoms with Gasteiger partial charge < -0.3 is 9.32 Å². The first-order valence-electron chi connectivity index (χ1n) is 7.86. The van der Waals surface area contributed by atoms with Gasteiger partial charge in [-0.2, -0.15) is 5.10 Å². The van der Waals surface area contributed by atoms with E-state index >= 15 is 0 Å². The molecular weight excluding hydrogens is 322 g/mol. The highest BCUT2D eigenvalue weighted by Crippen LogP contribution is 2.26. The molecule has 1 aliphatic rings. The van der Waals surface area contributed by atoms with Crippen molar-refractivity contribution in [3.63, 3.8) is 0 Å². The maximum atomic E-state index is 12.8. The van der Waals surface area contributed by atoms with Crippen LogP contribution in [0.3, 0.4) is 0 Å². The van der Waals surface area contributed by atoms with Gasteiger partial charge in [-0.15, -0.1) is 11.8 Å². The van der Waals surface area contributed by atoms with Gasteiger partial charge in [-0.05, 0) is 18.2 Å². The number of carbonyl (C=O) groups excluding carboxylic acids is 1. The van der Waals surface area contributed by atoms with E-state index in [9.17, 15) is 4.79 Å². The number of rotatable bonds is 4. The maximum absolute atomic E-state index is 12.8. The highest BCUT2D eigenvalue weighted by molar-refractivity contribution is 7.98. The van der Waals surface area contributed by atoms with Gasteiger partial charge in [0.1, 0.15) is 0 Å². The number of furan rings is 1. The molecule has 0 saturated heterocycles. The first-order valence-corrected chi connectivity index (χ1v) is 8.84. The Kier molecular flexibility index (Phi) is 4.13. The standard InChI is InChI=1S/C18H17N3O2S/c22-18(21-8-6-16-14(11-21)10-19-20-16)17-13(7-9-23-17)12-24-15-4-2-1-3-5-15/h1-5,7,9-10H,6,8,11-12H2,(H,19,20). The lowest BCUT2D eigenvalue weighted by molar-refractivity contribution is 0.0701. The molecule has 5 nitrogen and oxygen atoms in total. The number of aromatic amines is 1. The zero-order valence-electron chi connectivity index (χ0n) is 13.1. The molecule has 1 aromatic carbocycles. The average molecular weight is 339 g/mol. The summed E-state index contributed by atoms with van der Waals surface area (Å²) >= 11 is 1.70. The Bertz CT molecular complexity index is 841. The summed E-state index contributed by atoms with van der Waals surface area (Å²) in [4.78, 5) is 15.8. The van der Waals surface area contributed by atoms with Gasteiger partial charge >= 0.3 is 0 Å². The molecule has 0 spiro atoms. The van der Waals surface area contributed by atoms with Crippen LogP contribution in [0.15, 0.2) is 58.2 Å². The van der Waals surface area contributed by atoms with E-state index in [0.717, 1.165) is 23.2 Å². The van der Waals surface area contributed by atoms with Crippen molar-refractivity contribution < 1.29 is 9.21 Å². The van der Waals surface area contributed by atoms with Crippen molar-refractivity contribution in [3.8, 4) is 0 Å². The zero-order chi connectivity index (χ0) is 16.4. The predicted molar refractivity (Wildman–Crippen MR) is 91.7 cm³/mol. The molecule has 3 aromatic rings. The van der Waals surface area contributed by atoms with E-state index in [-0.39, 0.29) is 5.91 Å². The molecule has 0 aliphatic carbocycles. The van der Waals surface area contributed by atoms with Crippen molar-refractivity contribution in [2.24, 2.45) is 0 Å². The second-order valence-electron chi connectivity index (χ2n) is 5.73. The van der Waals surface area contributed by atoms with Gasteiger partial charge in [0.15, 0.2) is 5.76 Å². The predicted octanol–water partition coefficient (Wildman–Crippen LogP) is 3.49. The summed E-state index contributed by atoms with van der Waals surface area (Å²) in [6.45, 7) is 1.26. The van der Waals surface area contributed by atoms with Crippen LogP contribution in [0.25, 0.3) is 0 Å². The minimum Gasteiger partial charge on any atom is -0.459 e. The minimum atomic E-state index is -0.0458. The molecule has 2 aromatic heterocycles. The maximum Gasteiger partial charge on any atom is 0.290 e. The molecule has 3 heterocycles. The second-order valence-corrected chi connectivity index (χ2v) is 6.78. The number of nitrogens with one attached hydrogen (secondary N) is 1. The molecule has 0 radical (unpaired) electrons. The van der Waals surface area contributed by atoms with Crippen LogP contribution in [0, 0.1) is 0 Å². The Morgan fingerprint density at radius 2 is 2.17 bits per heavy atom. The topological polar surface area (TPSA) is 62.1 Å². The molecule has 0 saturated carbocycles. The van der Waals surface area contributed by atoms with Gasteiger partial charge in [0, 0.05) is 47.0 Å². The third kappa shape index (κ3) is 2.97. The van der Waals surface area contributed by atoms with Crippen LogP contribution in [0.4, 0.5) is 0 Å². The summed E-state index contributed by atoms with van der Waals surface area (Å²) in [7, 11) is 0. The molecule has 0 bridgehead atoms. The Balaban J connectivity index is 1.47. The SMILES string of the molecule is O=C(c1occc1CSc1ccccc1)N1CCc2[nH]ncc2C1. The number of H-pyrrole nitrogens is 1. The van der Waals surface area contributed by atoms with E-state index in [1.54, 1.807) is 24.2 Å². The van der Waals surface area contributed by atoms with Crippen LogP contribution in [0.2, 0.25) is 0 Å². The molecule has 1 aliphatic heterocycles. The van der Waals surface area contributed by atoms with Crippen molar-refractivity contribution in [3.05, 3.63) is 71.4 Å². The molecule has 1 N–H and O–H groups in total.